The smallest absolute Gasteiger partial charge is 0.192 e. The average molecular weight is 241 g/mol. The summed E-state index contributed by atoms with van der Waals surface area (Å²) in [5.74, 6) is 0.676. The minimum atomic E-state index is -0.151. The standard InChI is InChI=1S/C9H9BrN2O/c1-5-12-7-3-2-6(9(10)11)4-8(7)13-5/h2-4,9H,11H2,1H3. The van der Waals surface area contributed by atoms with Crippen LogP contribution in [0.3, 0.4) is 0 Å². The molecule has 0 bridgehead atoms. The van der Waals surface area contributed by atoms with Gasteiger partial charge in [-0.05, 0) is 17.7 Å². The van der Waals surface area contributed by atoms with E-state index in [0.717, 1.165) is 16.7 Å². The number of nitrogens with zero attached hydrogens (tertiary/aromatic N) is 1. The average Bonchev–Trinajstić information content (AvgIpc) is 2.42. The maximum atomic E-state index is 5.67. The van der Waals surface area contributed by atoms with Crippen molar-refractivity contribution in [2.75, 3.05) is 0 Å². The minimum absolute atomic E-state index is 0.151. The number of oxazole rings is 1. The van der Waals surface area contributed by atoms with Crippen molar-refractivity contribution < 1.29 is 4.42 Å². The summed E-state index contributed by atoms with van der Waals surface area (Å²) in [6.07, 6.45) is 0. The van der Waals surface area contributed by atoms with E-state index in [1.54, 1.807) is 0 Å². The van der Waals surface area contributed by atoms with Crippen molar-refractivity contribution in [1.29, 1.82) is 0 Å². The minimum Gasteiger partial charge on any atom is -0.441 e. The predicted molar refractivity (Wildman–Crippen MR) is 54.6 cm³/mol. The zero-order valence-electron chi connectivity index (χ0n) is 7.12. The van der Waals surface area contributed by atoms with Gasteiger partial charge in [-0.15, -0.1) is 0 Å². The van der Waals surface area contributed by atoms with Gasteiger partial charge in [0.05, 0.1) is 4.95 Å². The number of aromatic nitrogens is 1. The third kappa shape index (κ3) is 1.59. The Labute approximate surface area is 84.1 Å². The van der Waals surface area contributed by atoms with Crippen LogP contribution < -0.4 is 5.73 Å². The van der Waals surface area contributed by atoms with Crippen molar-refractivity contribution in [2.24, 2.45) is 5.73 Å². The molecule has 0 spiro atoms. The van der Waals surface area contributed by atoms with E-state index >= 15 is 0 Å². The molecule has 0 fully saturated rings. The SMILES string of the molecule is Cc1nc2ccc(C(N)Br)cc2o1. The zero-order valence-corrected chi connectivity index (χ0v) is 8.71. The van der Waals surface area contributed by atoms with Crippen molar-refractivity contribution in [3.8, 4) is 0 Å². The number of hydrogen-bond donors (Lipinski definition) is 1. The van der Waals surface area contributed by atoms with Crippen molar-refractivity contribution in [2.45, 2.75) is 11.9 Å². The molecule has 1 atom stereocenters. The summed E-state index contributed by atoms with van der Waals surface area (Å²) in [7, 11) is 0. The van der Waals surface area contributed by atoms with Crippen LogP contribution in [-0.2, 0) is 0 Å². The molecule has 4 heteroatoms. The molecule has 0 aliphatic carbocycles. The number of alkyl halides is 1. The molecule has 3 nitrogen and oxygen atoms in total. The predicted octanol–water partition coefficient (Wildman–Crippen LogP) is 2.49. The third-order valence-electron chi connectivity index (χ3n) is 1.84. The second-order valence-electron chi connectivity index (χ2n) is 2.86. The lowest BCUT2D eigenvalue weighted by molar-refractivity contribution is 0.560. The van der Waals surface area contributed by atoms with Gasteiger partial charge < -0.3 is 10.2 Å². The van der Waals surface area contributed by atoms with Gasteiger partial charge in [0, 0.05) is 6.92 Å². The first-order valence-electron chi connectivity index (χ1n) is 3.93. The van der Waals surface area contributed by atoms with Gasteiger partial charge in [0.1, 0.15) is 5.52 Å². The fourth-order valence-corrected chi connectivity index (χ4v) is 1.51. The number of rotatable bonds is 1. The molecule has 2 aromatic rings. The topological polar surface area (TPSA) is 52.0 Å². The Bertz CT molecular complexity index is 436. The van der Waals surface area contributed by atoms with Gasteiger partial charge in [0.25, 0.3) is 0 Å². The highest BCUT2D eigenvalue weighted by Gasteiger charge is 2.05. The van der Waals surface area contributed by atoms with Gasteiger partial charge in [-0.3, -0.25) is 0 Å². The summed E-state index contributed by atoms with van der Waals surface area (Å²) >= 11 is 3.29. The summed E-state index contributed by atoms with van der Waals surface area (Å²) in [6, 6.07) is 5.74. The normalized spacial score (nSPS) is 13.5. The van der Waals surface area contributed by atoms with Crippen LogP contribution in [0.15, 0.2) is 22.6 Å². The fourth-order valence-electron chi connectivity index (χ4n) is 1.23. The van der Waals surface area contributed by atoms with Gasteiger partial charge in [-0.1, -0.05) is 22.0 Å². The van der Waals surface area contributed by atoms with E-state index < -0.39 is 0 Å². The van der Waals surface area contributed by atoms with E-state index in [1.165, 1.54) is 0 Å². The van der Waals surface area contributed by atoms with Crippen LogP contribution in [0.1, 0.15) is 16.4 Å². The molecule has 0 saturated heterocycles. The van der Waals surface area contributed by atoms with Crippen LogP contribution in [0, 0.1) is 6.92 Å². The number of hydrogen-bond acceptors (Lipinski definition) is 3. The van der Waals surface area contributed by atoms with E-state index in [9.17, 15) is 0 Å². The number of aryl methyl sites for hydroxylation is 1. The van der Waals surface area contributed by atoms with Crippen LogP contribution in [0.2, 0.25) is 0 Å². The number of benzene rings is 1. The van der Waals surface area contributed by atoms with E-state index in [2.05, 4.69) is 20.9 Å². The Morgan fingerprint density at radius 3 is 3.00 bits per heavy atom. The molecule has 68 valence electrons. The molecular weight excluding hydrogens is 232 g/mol. The molecule has 1 heterocycles. The number of halogens is 1. The fraction of sp³-hybridized carbons (Fsp3) is 0.222. The molecule has 0 amide bonds. The maximum absolute atomic E-state index is 5.67. The number of fused-ring (bicyclic) bond motifs is 1. The summed E-state index contributed by atoms with van der Waals surface area (Å²) in [4.78, 5) is 4.04. The van der Waals surface area contributed by atoms with E-state index in [1.807, 2.05) is 25.1 Å². The van der Waals surface area contributed by atoms with Crippen molar-refractivity contribution in [1.82, 2.24) is 4.98 Å². The maximum Gasteiger partial charge on any atom is 0.192 e. The molecule has 0 aliphatic heterocycles. The highest BCUT2D eigenvalue weighted by Crippen LogP contribution is 2.22. The highest BCUT2D eigenvalue weighted by molar-refractivity contribution is 9.09. The second kappa shape index (κ2) is 3.12. The molecular formula is C9H9BrN2O. The summed E-state index contributed by atoms with van der Waals surface area (Å²) < 4.78 is 5.37. The lowest BCUT2D eigenvalue weighted by Gasteiger charge is -2.01. The molecule has 0 saturated carbocycles. The lowest BCUT2D eigenvalue weighted by Crippen LogP contribution is -2.00. The lowest BCUT2D eigenvalue weighted by atomic mass is 10.2. The Balaban J connectivity index is 2.61. The largest absolute Gasteiger partial charge is 0.441 e. The summed E-state index contributed by atoms with van der Waals surface area (Å²) in [5.41, 5.74) is 8.31. The molecule has 1 aromatic carbocycles. The van der Waals surface area contributed by atoms with Crippen LogP contribution >= 0.6 is 15.9 Å². The van der Waals surface area contributed by atoms with E-state index in [0.29, 0.717) is 5.89 Å². The monoisotopic (exact) mass is 240 g/mol. The molecule has 13 heavy (non-hydrogen) atoms. The van der Waals surface area contributed by atoms with Gasteiger partial charge in [-0.25, -0.2) is 4.98 Å². The molecule has 2 rings (SSSR count). The Morgan fingerprint density at radius 2 is 2.31 bits per heavy atom. The van der Waals surface area contributed by atoms with Gasteiger partial charge in [0.15, 0.2) is 11.5 Å². The first-order valence-corrected chi connectivity index (χ1v) is 4.85. The van der Waals surface area contributed by atoms with Crippen LogP contribution in [0.4, 0.5) is 0 Å². The molecule has 2 N–H and O–H groups in total. The highest BCUT2D eigenvalue weighted by atomic mass is 79.9. The Hall–Kier alpha value is -0.870. The van der Waals surface area contributed by atoms with Crippen molar-refractivity contribution in [3.63, 3.8) is 0 Å². The summed E-state index contributed by atoms with van der Waals surface area (Å²) in [5, 5.41) is 0. The van der Waals surface area contributed by atoms with Crippen LogP contribution in [0.25, 0.3) is 11.1 Å². The molecule has 1 aromatic heterocycles. The van der Waals surface area contributed by atoms with Crippen LogP contribution in [-0.4, -0.2) is 4.98 Å². The van der Waals surface area contributed by atoms with E-state index in [4.69, 9.17) is 10.2 Å². The number of nitrogens with two attached hydrogens (primary N) is 1. The molecule has 1 unspecified atom stereocenters. The quantitative estimate of drug-likeness (QED) is 0.616. The first-order chi connectivity index (χ1) is 6.16. The van der Waals surface area contributed by atoms with Gasteiger partial charge in [-0.2, -0.15) is 0 Å². The Kier molecular flexibility index (Phi) is 2.09. The van der Waals surface area contributed by atoms with Gasteiger partial charge >= 0.3 is 0 Å². The van der Waals surface area contributed by atoms with Crippen LogP contribution in [0.5, 0.6) is 0 Å². The molecule has 0 radical (unpaired) electrons. The molecule has 0 aliphatic rings. The van der Waals surface area contributed by atoms with Gasteiger partial charge in [0.2, 0.25) is 0 Å². The summed E-state index contributed by atoms with van der Waals surface area (Å²) in [6.45, 7) is 1.83. The third-order valence-corrected chi connectivity index (χ3v) is 2.37. The first kappa shape index (κ1) is 8.72. The van der Waals surface area contributed by atoms with E-state index in [-0.39, 0.29) is 4.95 Å². The Morgan fingerprint density at radius 1 is 1.54 bits per heavy atom. The zero-order chi connectivity index (χ0) is 9.42. The second-order valence-corrected chi connectivity index (χ2v) is 3.85. The van der Waals surface area contributed by atoms with Crippen molar-refractivity contribution >= 4 is 27.0 Å². The van der Waals surface area contributed by atoms with Crippen molar-refractivity contribution in [3.05, 3.63) is 29.7 Å².